The Bertz CT molecular complexity index is 219. The zero-order valence-electron chi connectivity index (χ0n) is 6.89. The van der Waals surface area contributed by atoms with E-state index in [2.05, 4.69) is 49.1 Å². The summed E-state index contributed by atoms with van der Waals surface area (Å²) in [5.41, 5.74) is 3.37. The molecule has 0 bridgehead atoms. The van der Waals surface area contributed by atoms with E-state index in [1.54, 1.807) is 11.3 Å². The highest BCUT2D eigenvalue weighted by Crippen LogP contribution is 2.26. The van der Waals surface area contributed by atoms with Gasteiger partial charge in [-0.05, 0) is 11.8 Å². The van der Waals surface area contributed by atoms with Crippen molar-refractivity contribution >= 4 is 43.2 Å². The number of halogens is 2. The number of alkyl halides is 2. The molecule has 68 valence electrons. The average molecular weight is 313 g/mol. The van der Waals surface area contributed by atoms with Gasteiger partial charge in [-0.3, -0.25) is 0 Å². The standard InChI is InChI=1S/C8H11Br2NS/c1-8(4-9,5-10)2-7-3-12-6-11-7/h3,6H,2,4-5H2,1H3. The van der Waals surface area contributed by atoms with Crippen LogP contribution < -0.4 is 0 Å². The normalized spacial score (nSPS) is 11.9. The van der Waals surface area contributed by atoms with Gasteiger partial charge in [0, 0.05) is 16.0 Å². The lowest BCUT2D eigenvalue weighted by Gasteiger charge is -2.23. The molecule has 0 unspecified atom stereocenters. The predicted octanol–water partition coefficient (Wildman–Crippen LogP) is 3.48. The van der Waals surface area contributed by atoms with Gasteiger partial charge in [0.25, 0.3) is 0 Å². The lowest BCUT2D eigenvalue weighted by Crippen LogP contribution is -2.23. The van der Waals surface area contributed by atoms with E-state index < -0.39 is 0 Å². The van der Waals surface area contributed by atoms with Crippen LogP contribution in [0.15, 0.2) is 10.9 Å². The number of nitrogens with zero attached hydrogens (tertiary/aromatic N) is 1. The number of hydrogen-bond acceptors (Lipinski definition) is 2. The molecule has 0 spiro atoms. The Morgan fingerprint density at radius 2 is 2.17 bits per heavy atom. The first kappa shape index (κ1) is 10.7. The molecule has 12 heavy (non-hydrogen) atoms. The van der Waals surface area contributed by atoms with Crippen molar-refractivity contribution in [1.29, 1.82) is 0 Å². The molecule has 1 heterocycles. The molecule has 0 aliphatic rings. The van der Waals surface area contributed by atoms with Crippen molar-refractivity contribution in [2.75, 3.05) is 10.7 Å². The highest BCUT2D eigenvalue weighted by molar-refractivity contribution is 9.09. The van der Waals surface area contributed by atoms with Crippen LogP contribution >= 0.6 is 43.2 Å². The van der Waals surface area contributed by atoms with Crippen LogP contribution in [0.1, 0.15) is 12.6 Å². The molecule has 0 saturated carbocycles. The summed E-state index contributed by atoms with van der Waals surface area (Å²) in [7, 11) is 0. The fraction of sp³-hybridized carbons (Fsp3) is 0.625. The Hall–Kier alpha value is 0.590. The minimum atomic E-state index is 0.286. The maximum absolute atomic E-state index is 4.27. The molecule has 0 saturated heterocycles. The van der Waals surface area contributed by atoms with Crippen molar-refractivity contribution in [3.8, 4) is 0 Å². The van der Waals surface area contributed by atoms with Crippen molar-refractivity contribution in [3.63, 3.8) is 0 Å². The molecule has 1 rings (SSSR count). The fourth-order valence-corrected chi connectivity index (χ4v) is 2.78. The first-order valence-corrected chi connectivity index (χ1v) is 6.88. The van der Waals surface area contributed by atoms with E-state index in [0.29, 0.717) is 0 Å². The van der Waals surface area contributed by atoms with E-state index in [9.17, 15) is 0 Å². The molecule has 0 N–H and O–H groups in total. The quantitative estimate of drug-likeness (QED) is 0.776. The summed E-state index contributed by atoms with van der Waals surface area (Å²) < 4.78 is 0. The second-order valence-electron chi connectivity index (χ2n) is 3.23. The predicted molar refractivity (Wildman–Crippen MR) is 61.5 cm³/mol. The summed E-state index contributed by atoms with van der Waals surface area (Å²) in [5, 5.41) is 4.12. The minimum Gasteiger partial charge on any atom is -0.250 e. The summed E-state index contributed by atoms with van der Waals surface area (Å²) >= 11 is 8.71. The molecule has 1 aromatic rings. The van der Waals surface area contributed by atoms with Gasteiger partial charge in [0.1, 0.15) is 0 Å². The van der Waals surface area contributed by atoms with Gasteiger partial charge in [-0.2, -0.15) is 0 Å². The number of rotatable bonds is 4. The number of hydrogen-bond donors (Lipinski definition) is 0. The third-order valence-corrected chi connectivity index (χ3v) is 5.08. The first-order valence-electron chi connectivity index (χ1n) is 3.69. The van der Waals surface area contributed by atoms with Crippen LogP contribution in [-0.4, -0.2) is 15.6 Å². The third kappa shape index (κ3) is 2.82. The SMILES string of the molecule is CC(CBr)(CBr)Cc1cscn1. The van der Waals surface area contributed by atoms with E-state index >= 15 is 0 Å². The Kier molecular flexibility index (Phi) is 4.20. The Morgan fingerprint density at radius 1 is 1.50 bits per heavy atom. The maximum Gasteiger partial charge on any atom is 0.0794 e. The smallest absolute Gasteiger partial charge is 0.0794 e. The van der Waals surface area contributed by atoms with Crippen LogP contribution in [-0.2, 0) is 6.42 Å². The molecule has 1 nitrogen and oxygen atoms in total. The molecule has 0 aliphatic heterocycles. The van der Waals surface area contributed by atoms with Crippen LogP contribution in [0.3, 0.4) is 0 Å². The highest BCUT2D eigenvalue weighted by atomic mass is 79.9. The molecule has 0 fully saturated rings. The van der Waals surface area contributed by atoms with Crippen molar-refractivity contribution in [3.05, 3.63) is 16.6 Å². The van der Waals surface area contributed by atoms with E-state index in [-0.39, 0.29) is 5.41 Å². The van der Waals surface area contributed by atoms with Crippen LogP contribution in [0.2, 0.25) is 0 Å². The number of aromatic nitrogens is 1. The second-order valence-corrected chi connectivity index (χ2v) is 5.07. The van der Waals surface area contributed by atoms with E-state index in [1.165, 1.54) is 5.69 Å². The lowest BCUT2D eigenvalue weighted by molar-refractivity contribution is 0.434. The summed E-state index contributed by atoms with van der Waals surface area (Å²) in [5.74, 6) is 0. The Labute approximate surface area is 93.9 Å². The summed E-state index contributed by atoms with van der Waals surface area (Å²) in [4.78, 5) is 4.27. The van der Waals surface area contributed by atoms with Gasteiger partial charge < -0.3 is 0 Å². The fourth-order valence-electron chi connectivity index (χ4n) is 0.892. The monoisotopic (exact) mass is 311 g/mol. The summed E-state index contributed by atoms with van der Waals surface area (Å²) in [6.45, 7) is 2.25. The topological polar surface area (TPSA) is 12.9 Å². The van der Waals surface area contributed by atoms with Crippen LogP contribution in [0.25, 0.3) is 0 Å². The van der Waals surface area contributed by atoms with Gasteiger partial charge in [0.05, 0.1) is 11.2 Å². The average Bonchev–Trinajstić information content (AvgIpc) is 2.57. The zero-order valence-corrected chi connectivity index (χ0v) is 10.9. The largest absolute Gasteiger partial charge is 0.250 e. The van der Waals surface area contributed by atoms with Gasteiger partial charge in [-0.15, -0.1) is 11.3 Å². The summed E-state index contributed by atoms with van der Waals surface area (Å²) in [6, 6.07) is 0. The van der Waals surface area contributed by atoms with Crippen molar-refractivity contribution < 1.29 is 0 Å². The third-order valence-electron chi connectivity index (χ3n) is 1.74. The molecule has 0 aliphatic carbocycles. The maximum atomic E-state index is 4.27. The number of thiazole rings is 1. The molecule has 0 atom stereocenters. The first-order chi connectivity index (χ1) is 5.70. The Balaban J connectivity index is 2.60. The van der Waals surface area contributed by atoms with Crippen LogP contribution in [0.5, 0.6) is 0 Å². The minimum absolute atomic E-state index is 0.286. The highest BCUT2D eigenvalue weighted by Gasteiger charge is 2.22. The zero-order chi connectivity index (χ0) is 9.03. The van der Waals surface area contributed by atoms with Crippen LogP contribution in [0.4, 0.5) is 0 Å². The molecule has 1 aromatic heterocycles. The molecular weight excluding hydrogens is 302 g/mol. The molecule has 0 aromatic carbocycles. The van der Waals surface area contributed by atoms with E-state index in [1.807, 2.05) is 5.51 Å². The molecule has 4 heteroatoms. The van der Waals surface area contributed by atoms with Crippen molar-refractivity contribution in [1.82, 2.24) is 4.98 Å². The van der Waals surface area contributed by atoms with Crippen molar-refractivity contribution in [2.24, 2.45) is 5.41 Å². The second kappa shape index (κ2) is 4.72. The molecule has 0 radical (unpaired) electrons. The summed E-state index contributed by atoms with van der Waals surface area (Å²) in [6.07, 6.45) is 1.03. The van der Waals surface area contributed by atoms with E-state index in [4.69, 9.17) is 0 Å². The van der Waals surface area contributed by atoms with Crippen molar-refractivity contribution in [2.45, 2.75) is 13.3 Å². The van der Waals surface area contributed by atoms with Gasteiger partial charge in [0.2, 0.25) is 0 Å². The molecule has 0 amide bonds. The van der Waals surface area contributed by atoms with Gasteiger partial charge in [-0.1, -0.05) is 38.8 Å². The van der Waals surface area contributed by atoms with Gasteiger partial charge in [0.15, 0.2) is 0 Å². The van der Waals surface area contributed by atoms with Gasteiger partial charge >= 0.3 is 0 Å². The van der Waals surface area contributed by atoms with Crippen LogP contribution in [0, 0.1) is 5.41 Å². The Morgan fingerprint density at radius 3 is 2.58 bits per heavy atom. The molecular formula is C8H11Br2NS. The van der Waals surface area contributed by atoms with Gasteiger partial charge in [-0.25, -0.2) is 4.98 Å². The van der Waals surface area contributed by atoms with E-state index in [0.717, 1.165) is 17.1 Å². The lowest BCUT2D eigenvalue weighted by atomic mass is 9.91.